The summed E-state index contributed by atoms with van der Waals surface area (Å²) in [5, 5.41) is 0. The highest BCUT2D eigenvalue weighted by molar-refractivity contribution is 14.1. The molecule has 1 amide bonds. The maximum Gasteiger partial charge on any atom is 0.240 e. The predicted molar refractivity (Wildman–Crippen MR) is 55.6 cm³/mol. The van der Waals surface area contributed by atoms with Crippen molar-refractivity contribution in [3.8, 4) is 0 Å². The number of nitrogens with zero attached hydrogens (tertiary/aromatic N) is 1. The minimum Gasteiger partial charge on any atom is -0.328 e. The summed E-state index contributed by atoms with van der Waals surface area (Å²) in [6.07, 6.45) is 0. The number of carbonyl (C=O) groups is 1. The molecule has 0 saturated carbocycles. The van der Waals surface area contributed by atoms with Gasteiger partial charge in [-0.05, 0) is 22.6 Å². The van der Waals surface area contributed by atoms with Gasteiger partial charge < -0.3 is 4.48 Å². The molecule has 0 aromatic rings. The van der Waals surface area contributed by atoms with Gasteiger partial charge in [-0.3, -0.25) is 9.63 Å². The van der Waals surface area contributed by atoms with E-state index < -0.39 is 0 Å². The second kappa shape index (κ2) is 4.98. The third-order valence-corrected chi connectivity index (χ3v) is 1.67. The molecule has 0 aromatic carbocycles. The molecule has 0 bridgehead atoms. The lowest BCUT2D eigenvalue weighted by Crippen LogP contribution is -2.42. The van der Waals surface area contributed by atoms with E-state index in [4.69, 9.17) is 4.84 Å². The van der Waals surface area contributed by atoms with Crippen molar-refractivity contribution in [3.63, 3.8) is 0 Å². The van der Waals surface area contributed by atoms with Gasteiger partial charge in [-0.25, -0.2) is 5.48 Å². The van der Waals surface area contributed by atoms with Crippen LogP contribution in [-0.4, -0.2) is 42.2 Å². The van der Waals surface area contributed by atoms with E-state index in [2.05, 4.69) is 49.2 Å². The number of hydrogen-bond acceptors (Lipinski definition) is 2. The molecule has 1 N–H and O–H groups in total. The van der Waals surface area contributed by atoms with Crippen LogP contribution in [0.25, 0.3) is 0 Å². The van der Waals surface area contributed by atoms with Gasteiger partial charge in [0.25, 0.3) is 0 Å². The summed E-state index contributed by atoms with van der Waals surface area (Å²) in [7, 11) is 6.22. The van der Waals surface area contributed by atoms with Gasteiger partial charge >= 0.3 is 0 Å². The lowest BCUT2D eigenvalue weighted by molar-refractivity contribution is -0.871. The fourth-order valence-corrected chi connectivity index (χ4v) is 1.92. The third-order valence-electron chi connectivity index (χ3n) is 1.02. The average molecular weight is 287 g/mol. The van der Waals surface area contributed by atoms with Crippen LogP contribution in [0.15, 0.2) is 0 Å². The highest BCUT2D eigenvalue weighted by Crippen LogP contribution is 2.05. The Kier molecular flexibility index (Phi) is 5.03. The molecule has 0 aliphatic carbocycles. The van der Waals surface area contributed by atoms with Crippen LogP contribution in [0.1, 0.15) is 6.92 Å². The van der Waals surface area contributed by atoms with Crippen LogP contribution >= 0.6 is 22.6 Å². The minimum absolute atomic E-state index is 0.00602. The number of nitrogens with one attached hydrogen (secondary N) is 1. The summed E-state index contributed by atoms with van der Waals surface area (Å²) in [5.74, 6) is -0.168. The molecule has 0 spiro atoms. The molecule has 0 heterocycles. The molecule has 0 rings (SSSR count). The number of rotatable bonds is 4. The Morgan fingerprint density at radius 1 is 1.58 bits per heavy atom. The molecule has 4 nitrogen and oxygen atoms in total. The van der Waals surface area contributed by atoms with E-state index in [1.165, 1.54) is 6.92 Å². The van der Waals surface area contributed by atoms with E-state index in [1.54, 1.807) is 0 Å². The zero-order valence-corrected chi connectivity index (χ0v) is 10.1. The van der Waals surface area contributed by atoms with E-state index in [0.717, 1.165) is 11.0 Å². The first-order valence-corrected chi connectivity index (χ1v) is 4.92. The Morgan fingerprint density at radius 2 is 2.08 bits per heavy atom. The van der Waals surface area contributed by atoms with Gasteiger partial charge in [0.05, 0.1) is 21.1 Å². The highest BCUT2D eigenvalue weighted by atomic mass is 127. The van der Waals surface area contributed by atoms with Gasteiger partial charge in [-0.15, -0.1) is 0 Å². The number of carbonyl (C=O) groups excluding carboxylic acids is 1. The summed E-state index contributed by atoms with van der Waals surface area (Å²) in [6.45, 7) is 2.27. The fraction of sp³-hybridized carbons (Fsp3) is 0.857. The van der Waals surface area contributed by atoms with Crippen LogP contribution in [0, 0.1) is 0 Å². The van der Waals surface area contributed by atoms with Crippen molar-refractivity contribution in [2.45, 2.75) is 11.0 Å². The van der Waals surface area contributed by atoms with Gasteiger partial charge in [0, 0.05) is 6.92 Å². The van der Waals surface area contributed by atoms with Crippen LogP contribution in [0.3, 0.4) is 0 Å². The van der Waals surface area contributed by atoms with Crippen LogP contribution < -0.4 is 5.48 Å². The molecule has 0 aromatic heterocycles. The van der Waals surface area contributed by atoms with Gasteiger partial charge in [0.2, 0.25) is 5.91 Å². The SMILES string of the molecule is CC(=O)NOC(I)C[N+](C)(C)C. The Balaban J connectivity index is 3.60. The van der Waals surface area contributed by atoms with Crippen LogP contribution in [-0.2, 0) is 9.63 Å². The van der Waals surface area contributed by atoms with Gasteiger partial charge in [-0.1, -0.05) is 0 Å². The van der Waals surface area contributed by atoms with E-state index >= 15 is 0 Å². The maximum absolute atomic E-state index is 10.5. The normalized spacial score (nSPS) is 14.1. The molecular formula is C7H16IN2O2+. The lowest BCUT2D eigenvalue weighted by atomic mass is 10.5. The molecule has 0 aliphatic heterocycles. The number of alkyl halides is 1. The Labute approximate surface area is 86.9 Å². The summed E-state index contributed by atoms with van der Waals surface area (Å²) >= 11 is 2.15. The summed E-state index contributed by atoms with van der Waals surface area (Å²) in [4.78, 5) is 15.5. The van der Waals surface area contributed by atoms with Crippen molar-refractivity contribution in [2.24, 2.45) is 0 Å². The highest BCUT2D eigenvalue weighted by Gasteiger charge is 2.15. The molecule has 0 aliphatic rings. The molecular weight excluding hydrogens is 271 g/mol. The van der Waals surface area contributed by atoms with E-state index in [1.807, 2.05) is 0 Å². The Bertz CT molecular complexity index is 156. The predicted octanol–water partition coefficient (Wildman–Crippen LogP) is 0.521. The number of hydroxylamine groups is 1. The monoisotopic (exact) mass is 287 g/mol. The van der Waals surface area contributed by atoms with Crippen molar-refractivity contribution in [1.82, 2.24) is 5.48 Å². The van der Waals surface area contributed by atoms with Crippen molar-refractivity contribution in [2.75, 3.05) is 27.7 Å². The number of quaternary nitrogens is 1. The van der Waals surface area contributed by atoms with E-state index in [-0.39, 0.29) is 10.0 Å². The third kappa shape index (κ3) is 8.22. The second-order valence-electron chi connectivity index (χ2n) is 3.66. The fourth-order valence-electron chi connectivity index (χ4n) is 0.615. The minimum atomic E-state index is -0.168. The first-order valence-electron chi connectivity index (χ1n) is 3.68. The first kappa shape index (κ1) is 12.1. The van der Waals surface area contributed by atoms with E-state index in [0.29, 0.717) is 0 Å². The largest absolute Gasteiger partial charge is 0.328 e. The molecule has 5 heteroatoms. The number of halogens is 1. The summed E-state index contributed by atoms with van der Waals surface area (Å²) in [5.41, 5.74) is 2.31. The second-order valence-corrected chi connectivity index (χ2v) is 5.05. The van der Waals surface area contributed by atoms with Gasteiger partial charge in [-0.2, -0.15) is 0 Å². The summed E-state index contributed by atoms with van der Waals surface area (Å²) < 4.78 is 0.819. The smallest absolute Gasteiger partial charge is 0.240 e. The van der Waals surface area contributed by atoms with E-state index in [9.17, 15) is 4.79 Å². The Hall–Kier alpha value is 0.120. The van der Waals surface area contributed by atoms with Crippen molar-refractivity contribution in [1.29, 1.82) is 0 Å². The maximum atomic E-state index is 10.5. The number of amides is 1. The molecule has 72 valence electrons. The quantitative estimate of drug-likeness (QED) is 0.354. The molecule has 1 unspecified atom stereocenters. The number of likely N-dealkylation sites (N-methyl/N-ethyl adjacent to an activating group) is 1. The standard InChI is InChI=1S/C7H15IN2O2/c1-6(11)9-12-7(8)5-10(2,3)4/h7H,5H2,1-4H3/p+1. The first-order chi connectivity index (χ1) is 5.31. The van der Waals surface area contributed by atoms with Crippen LogP contribution in [0.5, 0.6) is 0 Å². The molecule has 0 saturated heterocycles. The van der Waals surface area contributed by atoms with Gasteiger partial charge in [0.15, 0.2) is 4.11 Å². The molecule has 12 heavy (non-hydrogen) atoms. The van der Waals surface area contributed by atoms with Crippen LogP contribution in [0.2, 0.25) is 0 Å². The number of hydrogen-bond donors (Lipinski definition) is 1. The molecule has 0 radical (unpaired) electrons. The zero-order chi connectivity index (χ0) is 9.78. The van der Waals surface area contributed by atoms with Gasteiger partial charge in [0.1, 0.15) is 6.54 Å². The summed E-state index contributed by atoms with van der Waals surface area (Å²) in [6, 6.07) is 0. The molecule has 1 atom stereocenters. The van der Waals surface area contributed by atoms with Crippen molar-refractivity contribution < 1.29 is 14.1 Å². The average Bonchev–Trinajstić information content (AvgIpc) is 1.79. The molecule has 0 fully saturated rings. The topological polar surface area (TPSA) is 38.3 Å². The van der Waals surface area contributed by atoms with Crippen molar-refractivity contribution >= 4 is 28.5 Å². The van der Waals surface area contributed by atoms with Crippen LogP contribution in [0.4, 0.5) is 0 Å². The Morgan fingerprint density at radius 3 is 2.42 bits per heavy atom. The zero-order valence-electron chi connectivity index (χ0n) is 7.93. The lowest BCUT2D eigenvalue weighted by Gasteiger charge is -2.26. The van der Waals surface area contributed by atoms with Crippen molar-refractivity contribution in [3.05, 3.63) is 0 Å².